The van der Waals surface area contributed by atoms with Crippen LogP contribution >= 0.6 is 12.4 Å². The van der Waals surface area contributed by atoms with Crippen LogP contribution in [0.5, 0.6) is 0 Å². The van der Waals surface area contributed by atoms with Crippen molar-refractivity contribution in [2.24, 2.45) is 0 Å². The lowest BCUT2D eigenvalue weighted by atomic mass is 10.1. The highest BCUT2D eigenvalue weighted by molar-refractivity contribution is 5.85. The molecule has 2 rings (SSSR count). The summed E-state index contributed by atoms with van der Waals surface area (Å²) in [5, 5.41) is 6.12. The molecule has 0 aromatic heterocycles. The minimum atomic E-state index is 0. The lowest BCUT2D eigenvalue weighted by Crippen LogP contribution is -2.60. The predicted molar refractivity (Wildman–Crippen MR) is 48.6 cm³/mol. The van der Waals surface area contributed by atoms with Crippen LogP contribution in [0.1, 0.15) is 6.42 Å². The summed E-state index contributed by atoms with van der Waals surface area (Å²) in [6.07, 6.45) is 1.08. The highest BCUT2D eigenvalue weighted by Crippen LogP contribution is 2.10. The van der Waals surface area contributed by atoms with E-state index in [0.29, 0.717) is 6.04 Å². The number of fused-ring (bicyclic) bond motifs is 1. The molecule has 0 spiro atoms. The van der Waals surface area contributed by atoms with E-state index in [4.69, 9.17) is 0 Å². The minimum absolute atomic E-state index is 0. The third kappa shape index (κ3) is 1.64. The Bertz CT molecular complexity index is 174. The Labute approximate surface area is 78.1 Å². The van der Waals surface area contributed by atoms with Crippen LogP contribution in [0.25, 0.3) is 0 Å². The molecular formula is C7H14ClN3O. The van der Waals surface area contributed by atoms with Gasteiger partial charge in [0, 0.05) is 32.2 Å². The van der Waals surface area contributed by atoms with Gasteiger partial charge in [0.1, 0.15) is 0 Å². The fourth-order valence-electron chi connectivity index (χ4n) is 1.73. The summed E-state index contributed by atoms with van der Waals surface area (Å²) in [6.45, 7) is 3.59. The summed E-state index contributed by atoms with van der Waals surface area (Å²) < 4.78 is 0. The van der Waals surface area contributed by atoms with Gasteiger partial charge in [-0.15, -0.1) is 12.4 Å². The van der Waals surface area contributed by atoms with Gasteiger partial charge in [0.25, 0.3) is 0 Å². The van der Waals surface area contributed by atoms with Crippen molar-refractivity contribution in [3.05, 3.63) is 0 Å². The quantitative estimate of drug-likeness (QED) is 0.557. The number of nitrogens with zero attached hydrogens (tertiary/aromatic N) is 1. The minimum Gasteiger partial charge on any atom is -0.338 e. The third-order valence-electron chi connectivity index (χ3n) is 2.36. The topological polar surface area (TPSA) is 44.4 Å². The molecule has 1 unspecified atom stereocenters. The van der Waals surface area contributed by atoms with E-state index in [1.807, 2.05) is 4.90 Å². The molecule has 70 valence electrons. The largest absolute Gasteiger partial charge is 0.338 e. The molecule has 5 heteroatoms. The molecule has 0 aromatic carbocycles. The van der Waals surface area contributed by atoms with Crippen LogP contribution in [0.15, 0.2) is 0 Å². The van der Waals surface area contributed by atoms with Gasteiger partial charge < -0.3 is 15.5 Å². The second kappa shape index (κ2) is 3.96. The molecule has 2 aliphatic rings. The van der Waals surface area contributed by atoms with E-state index < -0.39 is 0 Å². The van der Waals surface area contributed by atoms with Crippen LogP contribution in [-0.2, 0) is 0 Å². The van der Waals surface area contributed by atoms with Gasteiger partial charge in [0.2, 0.25) is 0 Å². The molecule has 2 fully saturated rings. The van der Waals surface area contributed by atoms with Gasteiger partial charge in [0.05, 0.1) is 0 Å². The molecular weight excluding hydrogens is 178 g/mol. The second-order valence-corrected chi connectivity index (χ2v) is 3.07. The summed E-state index contributed by atoms with van der Waals surface area (Å²) in [4.78, 5) is 13.1. The van der Waals surface area contributed by atoms with E-state index in [9.17, 15) is 4.79 Å². The number of amides is 2. The average Bonchev–Trinajstić information content (AvgIpc) is 2.06. The van der Waals surface area contributed by atoms with E-state index in [1.165, 1.54) is 0 Å². The molecule has 0 saturated carbocycles. The van der Waals surface area contributed by atoms with Crippen molar-refractivity contribution in [2.45, 2.75) is 12.5 Å². The molecule has 0 aromatic rings. The van der Waals surface area contributed by atoms with Gasteiger partial charge in [-0.1, -0.05) is 0 Å². The maximum atomic E-state index is 11.2. The summed E-state index contributed by atoms with van der Waals surface area (Å²) in [5.41, 5.74) is 0. The molecule has 4 nitrogen and oxygen atoms in total. The lowest BCUT2D eigenvalue weighted by Gasteiger charge is -2.39. The number of hydrogen-bond donors (Lipinski definition) is 2. The fourth-order valence-corrected chi connectivity index (χ4v) is 1.73. The predicted octanol–water partition coefficient (Wildman–Crippen LogP) is -0.205. The number of hydrogen-bond acceptors (Lipinski definition) is 2. The summed E-state index contributed by atoms with van der Waals surface area (Å²) in [5.74, 6) is 0. The van der Waals surface area contributed by atoms with Gasteiger partial charge in [0.15, 0.2) is 0 Å². The third-order valence-corrected chi connectivity index (χ3v) is 2.36. The van der Waals surface area contributed by atoms with Gasteiger partial charge >= 0.3 is 6.03 Å². The first-order valence-corrected chi connectivity index (χ1v) is 4.13. The number of piperazine rings is 1. The molecule has 1 atom stereocenters. The molecule has 2 saturated heterocycles. The first kappa shape index (κ1) is 9.61. The van der Waals surface area contributed by atoms with Gasteiger partial charge in [-0.3, -0.25) is 0 Å². The van der Waals surface area contributed by atoms with Gasteiger partial charge in [-0.25, -0.2) is 4.79 Å². The molecule has 0 aliphatic carbocycles. The number of halogens is 1. The number of carbonyl (C=O) groups is 1. The summed E-state index contributed by atoms with van der Waals surface area (Å²) in [7, 11) is 0. The van der Waals surface area contributed by atoms with E-state index in [0.717, 1.165) is 32.6 Å². The van der Waals surface area contributed by atoms with Crippen molar-refractivity contribution in [3.63, 3.8) is 0 Å². The van der Waals surface area contributed by atoms with Crippen molar-refractivity contribution in [2.75, 3.05) is 26.2 Å². The first-order chi connectivity index (χ1) is 5.38. The maximum absolute atomic E-state index is 11.2. The number of urea groups is 1. The van der Waals surface area contributed by atoms with Crippen LogP contribution in [0.2, 0.25) is 0 Å². The van der Waals surface area contributed by atoms with Gasteiger partial charge in [-0.05, 0) is 6.42 Å². The fraction of sp³-hybridized carbons (Fsp3) is 0.857. The average molecular weight is 192 g/mol. The van der Waals surface area contributed by atoms with Crippen molar-refractivity contribution in [3.8, 4) is 0 Å². The zero-order valence-corrected chi connectivity index (χ0v) is 7.69. The summed E-state index contributed by atoms with van der Waals surface area (Å²) in [6, 6.07) is 0.556. The van der Waals surface area contributed by atoms with Crippen LogP contribution in [-0.4, -0.2) is 43.2 Å². The van der Waals surface area contributed by atoms with Crippen LogP contribution in [0, 0.1) is 0 Å². The standard InChI is InChI=1S/C7H13N3O.ClH/c11-7-9-2-1-6-5-8-3-4-10(6)7;/h6,8H,1-5H2,(H,9,11);1H. The van der Waals surface area contributed by atoms with Crippen LogP contribution < -0.4 is 10.6 Å². The summed E-state index contributed by atoms with van der Waals surface area (Å²) >= 11 is 0. The van der Waals surface area contributed by atoms with E-state index in [1.54, 1.807) is 0 Å². The highest BCUT2D eigenvalue weighted by atomic mass is 35.5. The van der Waals surface area contributed by atoms with Crippen LogP contribution in [0.4, 0.5) is 4.79 Å². The Morgan fingerprint density at radius 2 is 2.25 bits per heavy atom. The van der Waals surface area contributed by atoms with Crippen molar-refractivity contribution < 1.29 is 4.79 Å². The second-order valence-electron chi connectivity index (χ2n) is 3.07. The maximum Gasteiger partial charge on any atom is 0.317 e. The molecule has 2 amide bonds. The number of carbonyl (C=O) groups excluding carboxylic acids is 1. The normalized spacial score (nSPS) is 28.5. The lowest BCUT2D eigenvalue weighted by molar-refractivity contribution is 0.137. The monoisotopic (exact) mass is 191 g/mol. The number of nitrogens with one attached hydrogen (secondary N) is 2. The Balaban J connectivity index is 0.000000720. The zero-order chi connectivity index (χ0) is 7.68. The zero-order valence-electron chi connectivity index (χ0n) is 6.88. The molecule has 2 aliphatic heterocycles. The van der Waals surface area contributed by atoms with Gasteiger partial charge in [-0.2, -0.15) is 0 Å². The van der Waals surface area contributed by atoms with Crippen molar-refractivity contribution >= 4 is 18.4 Å². The number of rotatable bonds is 0. The first-order valence-electron chi connectivity index (χ1n) is 4.13. The van der Waals surface area contributed by atoms with Crippen molar-refractivity contribution in [1.82, 2.24) is 15.5 Å². The van der Waals surface area contributed by atoms with Crippen molar-refractivity contribution in [1.29, 1.82) is 0 Å². The molecule has 12 heavy (non-hydrogen) atoms. The molecule has 0 bridgehead atoms. The van der Waals surface area contributed by atoms with E-state index in [2.05, 4.69) is 10.6 Å². The Hall–Kier alpha value is -0.480. The Morgan fingerprint density at radius 3 is 3.00 bits per heavy atom. The van der Waals surface area contributed by atoms with E-state index in [-0.39, 0.29) is 18.4 Å². The Morgan fingerprint density at radius 1 is 1.42 bits per heavy atom. The molecule has 2 N–H and O–H groups in total. The van der Waals surface area contributed by atoms with E-state index >= 15 is 0 Å². The van der Waals surface area contributed by atoms with Crippen LogP contribution in [0.3, 0.4) is 0 Å². The molecule has 2 heterocycles. The Kier molecular flexibility index (Phi) is 3.17. The SMILES string of the molecule is Cl.O=C1NCCC2CNCCN12. The smallest absolute Gasteiger partial charge is 0.317 e. The highest BCUT2D eigenvalue weighted by Gasteiger charge is 2.29. The molecule has 0 radical (unpaired) electrons.